The number of aryl methyl sites for hydroxylation is 2. The van der Waals surface area contributed by atoms with Crippen molar-refractivity contribution in [2.45, 2.75) is 59.0 Å². The maximum absolute atomic E-state index is 12.1. The summed E-state index contributed by atoms with van der Waals surface area (Å²) in [5.74, 6) is 0.0916. The number of Topliss-reactive ketones (excluding diaryl/α,β-unsaturated/α-hetero) is 1. The van der Waals surface area contributed by atoms with Crippen LogP contribution in [0.4, 0.5) is 0 Å². The summed E-state index contributed by atoms with van der Waals surface area (Å²) < 4.78 is 1.87. The van der Waals surface area contributed by atoms with E-state index in [0.29, 0.717) is 6.42 Å². The molecule has 0 amide bonds. The molecule has 1 rings (SSSR count). The minimum Gasteiger partial charge on any atom is -0.319 e. The zero-order valence-electron chi connectivity index (χ0n) is 11.3. The molecule has 0 fully saturated rings. The van der Waals surface area contributed by atoms with Gasteiger partial charge in [-0.05, 0) is 33.3 Å². The zero-order valence-corrected chi connectivity index (χ0v) is 11.3. The summed E-state index contributed by atoms with van der Waals surface area (Å²) in [5.41, 5.74) is 7.23. The molecule has 0 aliphatic rings. The summed E-state index contributed by atoms with van der Waals surface area (Å²) in [7, 11) is 0. The van der Waals surface area contributed by atoms with Crippen molar-refractivity contribution in [2.24, 2.45) is 5.73 Å². The molecule has 1 aromatic heterocycles. The number of nitrogens with two attached hydrogens (primary N) is 1. The minimum atomic E-state index is -0.717. The fraction of sp³-hybridized carbons (Fsp3) is 0.692. The topological polar surface area (TPSA) is 60.9 Å². The first kappa shape index (κ1) is 13.9. The maximum atomic E-state index is 12.1. The molecule has 0 aromatic carbocycles. The molecule has 0 saturated heterocycles. The van der Waals surface area contributed by atoms with Gasteiger partial charge in [0.1, 0.15) is 0 Å². The van der Waals surface area contributed by atoms with Gasteiger partial charge in [0.05, 0.1) is 17.7 Å². The van der Waals surface area contributed by atoms with Crippen molar-refractivity contribution < 1.29 is 4.79 Å². The van der Waals surface area contributed by atoms with Crippen LogP contribution in [-0.4, -0.2) is 21.1 Å². The zero-order chi connectivity index (χ0) is 13.1. The van der Waals surface area contributed by atoms with Crippen molar-refractivity contribution in [1.82, 2.24) is 9.78 Å². The first-order chi connectivity index (χ1) is 7.90. The number of aromatic nitrogens is 2. The van der Waals surface area contributed by atoms with Gasteiger partial charge < -0.3 is 5.73 Å². The predicted molar refractivity (Wildman–Crippen MR) is 68.8 cm³/mol. The Labute approximate surface area is 103 Å². The Morgan fingerprint density at radius 1 is 1.53 bits per heavy atom. The number of hydrogen-bond acceptors (Lipinski definition) is 3. The standard InChI is InChI=1S/C13H23N3O/c1-5-7-13(4,14)12(17)9-11-8-10(3)15-16(11)6-2/h8H,5-7,9,14H2,1-4H3. The first-order valence-corrected chi connectivity index (χ1v) is 6.26. The van der Waals surface area contributed by atoms with Gasteiger partial charge in [-0.2, -0.15) is 5.10 Å². The predicted octanol–water partition coefficient (Wildman–Crippen LogP) is 1.84. The molecule has 0 bridgehead atoms. The van der Waals surface area contributed by atoms with Gasteiger partial charge in [-0.15, -0.1) is 0 Å². The van der Waals surface area contributed by atoms with E-state index in [1.165, 1.54) is 0 Å². The lowest BCUT2D eigenvalue weighted by atomic mass is 9.90. The highest BCUT2D eigenvalue weighted by atomic mass is 16.1. The third kappa shape index (κ3) is 3.40. The molecule has 1 heterocycles. The monoisotopic (exact) mass is 237 g/mol. The van der Waals surface area contributed by atoms with Crippen LogP contribution in [0.1, 0.15) is 45.0 Å². The van der Waals surface area contributed by atoms with Crippen molar-refractivity contribution in [1.29, 1.82) is 0 Å². The molecule has 4 nitrogen and oxygen atoms in total. The summed E-state index contributed by atoms with van der Waals surface area (Å²) in [6, 6.07) is 1.96. The van der Waals surface area contributed by atoms with E-state index in [2.05, 4.69) is 5.10 Å². The SMILES string of the molecule is CCCC(C)(N)C(=O)Cc1cc(C)nn1CC. The number of rotatable bonds is 6. The molecule has 96 valence electrons. The Morgan fingerprint density at radius 2 is 2.18 bits per heavy atom. The highest BCUT2D eigenvalue weighted by molar-refractivity contribution is 5.89. The number of carbonyl (C=O) groups is 1. The Hall–Kier alpha value is -1.16. The van der Waals surface area contributed by atoms with E-state index >= 15 is 0 Å². The van der Waals surface area contributed by atoms with E-state index in [4.69, 9.17) is 5.73 Å². The number of hydrogen-bond donors (Lipinski definition) is 1. The molecule has 0 saturated carbocycles. The third-order valence-electron chi connectivity index (χ3n) is 3.03. The van der Waals surface area contributed by atoms with Crippen molar-refractivity contribution in [3.05, 3.63) is 17.5 Å². The molecule has 4 heteroatoms. The van der Waals surface area contributed by atoms with Crippen LogP contribution in [0.3, 0.4) is 0 Å². The lowest BCUT2D eigenvalue weighted by molar-refractivity contribution is -0.123. The van der Waals surface area contributed by atoms with Crippen LogP contribution in [0.15, 0.2) is 6.07 Å². The molecule has 2 N–H and O–H groups in total. The fourth-order valence-corrected chi connectivity index (χ4v) is 2.04. The van der Waals surface area contributed by atoms with Gasteiger partial charge >= 0.3 is 0 Å². The number of nitrogens with zero attached hydrogens (tertiary/aromatic N) is 2. The molecule has 0 aliphatic carbocycles. The molecular formula is C13H23N3O. The van der Waals surface area contributed by atoms with E-state index < -0.39 is 5.54 Å². The Kier molecular flexibility index (Phi) is 4.46. The van der Waals surface area contributed by atoms with E-state index in [-0.39, 0.29) is 5.78 Å². The van der Waals surface area contributed by atoms with Crippen LogP contribution in [0.2, 0.25) is 0 Å². The van der Waals surface area contributed by atoms with Gasteiger partial charge in [0.25, 0.3) is 0 Å². The lowest BCUT2D eigenvalue weighted by Gasteiger charge is -2.22. The van der Waals surface area contributed by atoms with Crippen LogP contribution in [-0.2, 0) is 17.8 Å². The van der Waals surface area contributed by atoms with Crippen molar-refractivity contribution in [2.75, 3.05) is 0 Å². The van der Waals surface area contributed by atoms with E-state index in [1.807, 2.05) is 38.4 Å². The Bertz CT molecular complexity index is 393. The van der Waals surface area contributed by atoms with E-state index in [0.717, 1.165) is 30.8 Å². The maximum Gasteiger partial charge on any atom is 0.158 e. The molecule has 1 unspecified atom stereocenters. The van der Waals surface area contributed by atoms with Crippen molar-refractivity contribution in [3.8, 4) is 0 Å². The highest BCUT2D eigenvalue weighted by Crippen LogP contribution is 2.14. The summed E-state index contributed by atoms with van der Waals surface area (Å²) in [5, 5.41) is 4.33. The van der Waals surface area contributed by atoms with Gasteiger partial charge in [-0.1, -0.05) is 13.3 Å². The number of carbonyl (C=O) groups excluding carboxylic acids is 1. The first-order valence-electron chi connectivity index (χ1n) is 6.26. The van der Waals surface area contributed by atoms with Gasteiger partial charge in [-0.3, -0.25) is 9.48 Å². The molecule has 0 spiro atoms. The van der Waals surface area contributed by atoms with Gasteiger partial charge in [0.15, 0.2) is 5.78 Å². The van der Waals surface area contributed by atoms with Crippen LogP contribution >= 0.6 is 0 Å². The van der Waals surface area contributed by atoms with Crippen molar-refractivity contribution >= 4 is 5.78 Å². The number of ketones is 1. The van der Waals surface area contributed by atoms with Gasteiger partial charge in [-0.25, -0.2) is 0 Å². The molecular weight excluding hydrogens is 214 g/mol. The second kappa shape index (κ2) is 5.45. The summed E-state index contributed by atoms with van der Waals surface area (Å²) in [6.45, 7) is 8.60. The smallest absolute Gasteiger partial charge is 0.158 e. The van der Waals surface area contributed by atoms with Gasteiger partial charge in [0.2, 0.25) is 0 Å². The van der Waals surface area contributed by atoms with E-state index in [1.54, 1.807) is 0 Å². The van der Waals surface area contributed by atoms with Gasteiger partial charge in [0, 0.05) is 12.2 Å². The van der Waals surface area contributed by atoms with Crippen LogP contribution in [0.25, 0.3) is 0 Å². The normalized spacial score (nSPS) is 14.6. The van der Waals surface area contributed by atoms with Crippen LogP contribution in [0.5, 0.6) is 0 Å². The third-order valence-corrected chi connectivity index (χ3v) is 3.03. The van der Waals surface area contributed by atoms with E-state index in [9.17, 15) is 4.79 Å². The summed E-state index contributed by atoms with van der Waals surface area (Å²) >= 11 is 0. The second-order valence-electron chi connectivity index (χ2n) is 4.86. The second-order valence-corrected chi connectivity index (χ2v) is 4.86. The fourth-order valence-electron chi connectivity index (χ4n) is 2.04. The molecule has 0 aliphatic heterocycles. The summed E-state index contributed by atoms with van der Waals surface area (Å²) in [6.07, 6.45) is 2.03. The average molecular weight is 237 g/mol. The minimum absolute atomic E-state index is 0.0916. The quantitative estimate of drug-likeness (QED) is 0.821. The van der Waals surface area contributed by atoms with Crippen LogP contribution < -0.4 is 5.73 Å². The lowest BCUT2D eigenvalue weighted by Crippen LogP contribution is -2.45. The molecule has 1 aromatic rings. The Balaban J connectivity index is 2.80. The average Bonchev–Trinajstić information content (AvgIpc) is 2.58. The molecule has 1 atom stereocenters. The Morgan fingerprint density at radius 3 is 2.71 bits per heavy atom. The molecule has 17 heavy (non-hydrogen) atoms. The van der Waals surface area contributed by atoms with Crippen molar-refractivity contribution in [3.63, 3.8) is 0 Å². The summed E-state index contributed by atoms with van der Waals surface area (Å²) in [4.78, 5) is 12.1. The molecule has 0 radical (unpaired) electrons. The highest BCUT2D eigenvalue weighted by Gasteiger charge is 2.27. The largest absolute Gasteiger partial charge is 0.319 e. The van der Waals surface area contributed by atoms with Crippen LogP contribution in [0, 0.1) is 6.92 Å².